The van der Waals surface area contributed by atoms with Gasteiger partial charge in [-0.1, -0.05) is 0 Å². The van der Waals surface area contributed by atoms with Gasteiger partial charge >= 0.3 is 11.9 Å². The fourth-order valence-electron chi connectivity index (χ4n) is 0.712. The summed E-state index contributed by atoms with van der Waals surface area (Å²) in [5.74, 6) is -5.31. The maximum atomic E-state index is 10.6. The van der Waals surface area contributed by atoms with Crippen molar-refractivity contribution in [2.45, 2.75) is 12.8 Å². The van der Waals surface area contributed by atoms with E-state index in [0.717, 1.165) is 5.48 Å². The molecule has 7 heteroatoms. The zero-order valence-corrected chi connectivity index (χ0v) is 6.56. The first-order chi connectivity index (χ1) is 5.99. The molecule has 0 aromatic rings. The summed E-state index contributed by atoms with van der Waals surface area (Å²) in [5, 5.41) is 24.7. The van der Waals surface area contributed by atoms with Crippen molar-refractivity contribution >= 4 is 17.8 Å². The van der Waals surface area contributed by atoms with Crippen LogP contribution in [-0.2, 0) is 14.4 Å². The third-order valence-corrected chi connectivity index (χ3v) is 1.37. The third kappa shape index (κ3) is 4.06. The van der Waals surface area contributed by atoms with Gasteiger partial charge in [-0.2, -0.15) is 0 Å². The molecule has 0 aromatic carbocycles. The second kappa shape index (κ2) is 5.09. The summed E-state index contributed by atoms with van der Waals surface area (Å²) in [6, 6.07) is 0. The molecule has 1 unspecified atom stereocenters. The van der Waals surface area contributed by atoms with E-state index in [2.05, 4.69) is 0 Å². The molecule has 1 amide bonds. The van der Waals surface area contributed by atoms with Crippen LogP contribution in [0.3, 0.4) is 0 Å². The number of hydrogen-bond acceptors (Lipinski definition) is 4. The van der Waals surface area contributed by atoms with Crippen molar-refractivity contribution in [1.29, 1.82) is 0 Å². The average molecular weight is 191 g/mol. The van der Waals surface area contributed by atoms with Gasteiger partial charge in [0, 0.05) is 6.42 Å². The minimum Gasteiger partial charge on any atom is -0.481 e. The molecule has 0 fully saturated rings. The van der Waals surface area contributed by atoms with Crippen LogP contribution < -0.4 is 5.48 Å². The second-order valence-corrected chi connectivity index (χ2v) is 2.30. The van der Waals surface area contributed by atoms with E-state index in [0.29, 0.717) is 0 Å². The van der Waals surface area contributed by atoms with Gasteiger partial charge in [0.15, 0.2) is 0 Å². The van der Waals surface area contributed by atoms with Gasteiger partial charge in [-0.05, 0) is 6.42 Å². The second-order valence-electron chi connectivity index (χ2n) is 2.30. The van der Waals surface area contributed by atoms with Crippen LogP contribution in [0.15, 0.2) is 0 Å². The van der Waals surface area contributed by atoms with Crippen LogP contribution in [0.2, 0.25) is 0 Å². The van der Waals surface area contributed by atoms with E-state index < -0.39 is 30.2 Å². The molecule has 0 aliphatic rings. The quantitative estimate of drug-likeness (QED) is 0.252. The number of hydroxylamine groups is 1. The number of carbonyl (C=O) groups excluding carboxylic acids is 1. The molecule has 13 heavy (non-hydrogen) atoms. The Balaban J connectivity index is 4.18. The van der Waals surface area contributed by atoms with E-state index in [9.17, 15) is 14.4 Å². The molecule has 74 valence electrons. The number of carbonyl (C=O) groups is 3. The van der Waals surface area contributed by atoms with Crippen molar-refractivity contribution in [3.05, 3.63) is 0 Å². The summed E-state index contributed by atoms with van der Waals surface area (Å²) in [6.45, 7) is 0. The first-order valence-corrected chi connectivity index (χ1v) is 3.37. The summed E-state index contributed by atoms with van der Waals surface area (Å²) in [5.41, 5.74) is 1.16. The van der Waals surface area contributed by atoms with Crippen molar-refractivity contribution in [3.8, 4) is 0 Å². The molecule has 0 aliphatic heterocycles. The summed E-state index contributed by atoms with van der Waals surface area (Å²) < 4.78 is 0. The third-order valence-electron chi connectivity index (χ3n) is 1.37. The topological polar surface area (TPSA) is 124 Å². The van der Waals surface area contributed by atoms with E-state index in [1.807, 2.05) is 0 Å². The standard InChI is InChI=1S/C6H9NO6/c8-4(9)2-1-3(6(11)12)5(10)7-13/h3,13H,1-2H2,(H,7,10)(H,8,9)(H,11,12). The van der Waals surface area contributed by atoms with E-state index in [1.165, 1.54) is 0 Å². The zero-order valence-electron chi connectivity index (χ0n) is 6.56. The highest BCUT2D eigenvalue weighted by atomic mass is 16.5. The molecule has 1 atom stereocenters. The lowest BCUT2D eigenvalue weighted by molar-refractivity contribution is -0.150. The first kappa shape index (κ1) is 11.4. The van der Waals surface area contributed by atoms with Crippen molar-refractivity contribution in [2.75, 3.05) is 0 Å². The van der Waals surface area contributed by atoms with Crippen LogP contribution in [0.5, 0.6) is 0 Å². The molecule has 0 aromatic heterocycles. The lowest BCUT2D eigenvalue weighted by Gasteiger charge is -2.07. The van der Waals surface area contributed by atoms with Crippen LogP contribution in [0.4, 0.5) is 0 Å². The maximum absolute atomic E-state index is 10.6. The smallest absolute Gasteiger partial charge is 0.316 e. The Hall–Kier alpha value is -1.63. The summed E-state index contributed by atoms with van der Waals surface area (Å²) >= 11 is 0. The summed E-state index contributed by atoms with van der Waals surface area (Å²) in [7, 11) is 0. The monoisotopic (exact) mass is 191 g/mol. The Morgan fingerprint density at radius 1 is 1.23 bits per heavy atom. The number of hydrogen-bond donors (Lipinski definition) is 4. The number of rotatable bonds is 5. The Morgan fingerprint density at radius 3 is 2.08 bits per heavy atom. The lowest BCUT2D eigenvalue weighted by atomic mass is 10.0. The molecule has 0 radical (unpaired) electrons. The molecule has 0 heterocycles. The molecule has 4 N–H and O–H groups in total. The van der Waals surface area contributed by atoms with Crippen LogP contribution in [0.25, 0.3) is 0 Å². The minimum absolute atomic E-state index is 0.350. The van der Waals surface area contributed by atoms with Crippen LogP contribution in [0, 0.1) is 5.92 Å². The first-order valence-electron chi connectivity index (χ1n) is 3.37. The predicted octanol–water partition coefficient (Wildman–Crippen LogP) is -0.943. The van der Waals surface area contributed by atoms with E-state index in [4.69, 9.17) is 15.4 Å². The molecule has 0 saturated carbocycles. The van der Waals surface area contributed by atoms with Gasteiger partial charge < -0.3 is 10.2 Å². The highest BCUT2D eigenvalue weighted by Gasteiger charge is 2.26. The highest BCUT2D eigenvalue weighted by Crippen LogP contribution is 2.06. The summed E-state index contributed by atoms with van der Waals surface area (Å²) in [6.07, 6.45) is -0.790. The molecular weight excluding hydrogens is 182 g/mol. The Labute approximate surface area is 72.9 Å². The van der Waals surface area contributed by atoms with Crippen molar-refractivity contribution in [1.82, 2.24) is 5.48 Å². The Kier molecular flexibility index (Phi) is 4.45. The number of carboxylic acids is 2. The molecule has 0 bridgehead atoms. The minimum atomic E-state index is -1.53. The lowest BCUT2D eigenvalue weighted by Crippen LogP contribution is -2.33. The molecular formula is C6H9NO6. The predicted molar refractivity (Wildman–Crippen MR) is 37.9 cm³/mol. The van der Waals surface area contributed by atoms with Crippen LogP contribution in [-0.4, -0.2) is 33.3 Å². The van der Waals surface area contributed by atoms with Gasteiger partial charge in [-0.25, -0.2) is 5.48 Å². The average Bonchev–Trinajstić information content (AvgIpc) is 2.03. The van der Waals surface area contributed by atoms with Crippen molar-refractivity contribution < 1.29 is 29.8 Å². The molecule has 0 rings (SSSR count). The highest BCUT2D eigenvalue weighted by molar-refractivity contribution is 5.96. The largest absolute Gasteiger partial charge is 0.481 e. The number of nitrogens with one attached hydrogen (secondary N) is 1. The number of aliphatic carboxylic acids is 2. The van der Waals surface area contributed by atoms with Gasteiger partial charge in [0.25, 0.3) is 5.91 Å². The normalized spacial score (nSPS) is 11.8. The van der Waals surface area contributed by atoms with E-state index in [1.54, 1.807) is 0 Å². The Morgan fingerprint density at radius 2 is 1.77 bits per heavy atom. The fourth-order valence-corrected chi connectivity index (χ4v) is 0.712. The van der Waals surface area contributed by atoms with Gasteiger partial charge in [0.2, 0.25) is 0 Å². The fraction of sp³-hybridized carbons (Fsp3) is 0.500. The van der Waals surface area contributed by atoms with Gasteiger partial charge in [-0.3, -0.25) is 19.6 Å². The Bertz CT molecular complexity index is 225. The molecule has 0 aliphatic carbocycles. The summed E-state index contributed by atoms with van der Waals surface area (Å²) in [4.78, 5) is 31.0. The van der Waals surface area contributed by atoms with E-state index in [-0.39, 0.29) is 6.42 Å². The van der Waals surface area contributed by atoms with E-state index >= 15 is 0 Å². The number of carboxylic acid groups (broad SMARTS) is 2. The van der Waals surface area contributed by atoms with Crippen molar-refractivity contribution in [3.63, 3.8) is 0 Å². The number of amides is 1. The van der Waals surface area contributed by atoms with Crippen molar-refractivity contribution in [2.24, 2.45) is 5.92 Å². The van der Waals surface area contributed by atoms with Crippen LogP contribution >= 0.6 is 0 Å². The van der Waals surface area contributed by atoms with Gasteiger partial charge in [-0.15, -0.1) is 0 Å². The SMILES string of the molecule is O=C(O)CCC(C(=O)O)C(=O)NO. The van der Waals surface area contributed by atoms with Gasteiger partial charge in [0.05, 0.1) is 0 Å². The van der Waals surface area contributed by atoms with Crippen LogP contribution in [0.1, 0.15) is 12.8 Å². The molecule has 7 nitrogen and oxygen atoms in total. The van der Waals surface area contributed by atoms with Gasteiger partial charge in [0.1, 0.15) is 5.92 Å². The molecule has 0 saturated heterocycles. The zero-order chi connectivity index (χ0) is 10.4. The maximum Gasteiger partial charge on any atom is 0.316 e. The molecule has 0 spiro atoms.